The minimum atomic E-state index is -3.79. The van der Waals surface area contributed by atoms with Crippen LogP contribution in [0.5, 0.6) is 0 Å². The summed E-state index contributed by atoms with van der Waals surface area (Å²) in [4.78, 5) is 10.8. The van der Waals surface area contributed by atoms with Crippen molar-refractivity contribution in [2.75, 3.05) is 4.72 Å². The van der Waals surface area contributed by atoms with Crippen LogP contribution in [0.4, 0.5) is 5.69 Å². The first kappa shape index (κ1) is 15.5. The molecule has 0 atom stereocenters. The van der Waals surface area contributed by atoms with Crippen LogP contribution in [0.15, 0.2) is 28.5 Å². The van der Waals surface area contributed by atoms with Gasteiger partial charge >= 0.3 is 5.97 Å². The van der Waals surface area contributed by atoms with Crippen LogP contribution in [0.2, 0.25) is 0 Å². The molecule has 112 valence electrons. The molecule has 2 rings (SSSR count). The van der Waals surface area contributed by atoms with E-state index < -0.39 is 16.0 Å². The fraction of sp³-hybridized carbons (Fsp3) is 0.214. The number of thiophene rings is 1. The average molecular weight is 325 g/mol. The summed E-state index contributed by atoms with van der Waals surface area (Å²) in [7, 11) is -3.79. The predicted molar refractivity (Wildman–Crippen MR) is 82.7 cm³/mol. The molecule has 0 aliphatic heterocycles. The Morgan fingerprint density at radius 2 is 1.71 bits per heavy atom. The van der Waals surface area contributed by atoms with Gasteiger partial charge in [-0.2, -0.15) is 0 Å². The number of carbonyl (C=O) groups is 1. The smallest absolute Gasteiger partial charge is 0.345 e. The van der Waals surface area contributed by atoms with Crippen LogP contribution < -0.4 is 4.72 Å². The number of rotatable bonds is 4. The summed E-state index contributed by atoms with van der Waals surface area (Å²) in [6, 6.07) is 4.94. The Morgan fingerprint density at radius 3 is 2.19 bits per heavy atom. The summed E-state index contributed by atoms with van der Waals surface area (Å²) < 4.78 is 27.2. The summed E-state index contributed by atoms with van der Waals surface area (Å²) in [6.07, 6.45) is 0. The van der Waals surface area contributed by atoms with E-state index in [2.05, 4.69) is 4.72 Å². The van der Waals surface area contributed by atoms with Gasteiger partial charge in [-0.3, -0.25) is 4.72 Å². The number of sulfonamides is 1. The van der Waals surface area contributed by atoms with Crippen LogP contribution in [0, 0.1) is 20.8 Å². The molecule has 0 aliphatic carbocycles. The molecule has 0 radical (unpaired) electrons. The van der Waals surface area contributed by atoms with Gasteiger partial charge in [0.2, 0.25) is 0 Å². The molecule has 2 N–H and O–H groups in total. The first-order valence-electron chi connectivity index (χ1n) is 6.13. The van der Waals surface area contributed by atoms with Crippen LogP contribution in [0.1, 0.15) is 26.4 Å². The number of anilines is 1. The van der Waals surface area contributed by atoms with Gasteiger partial charge < -0.3 is 5.11 Å². The van der Waals surface area contributed by atoms with Crippen LogP contribution in [-0.2, 0) is 10.0 Å². The largest absolute Gasteiger partial charge is 0.477 e. The van der Waals surface area contributed by atoms with Crippen molar-refractivity contribution in [3.63, 3.8) is 0 Å². The maximum atomic E-state index is 12.3. The standard InChI is InChI=1S/C14H15NO4S2/c1-8-4-9(2)13(10(3)5-8)15-21(18,19)11-6-12(14(16)17)20-7-11/h4-7,15H,1-3H3,(H,16,17). The zero-order chi connectivity index (χ0) is 15.8. The Bertz CT molecular complexity index is 783. The third-order valence-electron chi connectivity index (χ3n) is 3.01. The van der Waals surface area contributed by atoms with E-state index in [0.29, 0.717) is 5.69 Å². The Balaban J connectivity index is 2.40. The zero-order valence-corrected chi connectivity index (χ0v) is 13.4. The third-order valence-corrected chi connectivity index (χ3v) is 5.41. The highest BCUT2D eigenvalue weighted by atomic mass is 32.2. The van der Waals surface area contributed by atoms with Crippen molar-refractivity contribution in [1.82, 2.24) is 0 Å². The molecular formula is C14H15NO4S2. The van der Waals surface area contributed by atoms with Gasteiger partial charge in [-0.15, -0.1) is 11.3 Å². The summed E-state index contributed by atoms with van der Waals surface area (Å²) in [5.74, 6) is -1.14. The normalized spacial score (nSPS) is 11.4. The van der Waals surface area contributed by atoms with Gasteiger partial charge in [0.25, 0.3) is 10.0 Å². The third kappa shape index (κ3) is 3.25. The lowest BCUT2D eigenvalue weighted by atomic mass is 10.1. The first-order chi connectivity index (χ1) is 9.70. The summed E-state index contributed by atoms with van der Waals surface area (Å²) in [5, 5.41) is 10.2. The number of carboxylic acids is 1. The van der Waals surface area contributed by atoms with Gasteiger partial charge in [-0.25, -0.2) is 13.2 Å². The Hall–Kier alpha value is -1.86. The zero-order valence-electron chi connectivity index (χ0n) is 11.8. The van der Waals surface area contributed by atoms with Gasteiger partial charge in [0.15, 0.2) is 0 Å². The molecule has 0 bridgehead atoms. The minimum absolute atomic E-state index is 0.00674. The fourth-order valence-corrected chi connectivity index (χ4v) is 4.42. The van der Waals surface area contributed by atoms with Gasteiger partial charge in [0, 0.05) is 5.38 Å². The van der Waals surface area contributed by atoms with E-state index >= 15 is 0 Å². The molecule has 1 aromatic carbocycles. The maximum Gasteiger partial charge on any atom is 0.345 e. The molecule has 7 heteroatoms. The van der Waals surface area contributed by atoms with E-state index in [-0.39, 0.29) is 9.77 Å². The fourth-order valence-electron chi connectivity index (χ4n) is 2.11. The molecule has 2 aromatic rings. The lowest BCUT2D eigenvalue weighted by Gasteiger charge is -2.13. The second-order valence-corrected chi connectivity index (χ2v) is 7.42. The van der Waals surface area contributed by atoms with Crippen molar-refractivity contribution in [2.45, 2.75) is 25.7 Å². The number of aryl methyl sites for hydroxylation is 3. The van der Waals surface area contributed by atoms with Crippen molar-refractivity contribution in [2.24, 2.45) is 0 Å². The first-order valence-corrected chi connectivity index (χ1v) is 8.49. The van der Waals surface area contributed by atoms with Crippen LogP contribution in [0.3, 0.4) is 0 Å². The lowest BCUT2D eigenvalue weighted by molar-refractivity contribution is 0.0702. The van der Waals surface area contributed by atoms with Crippen LogP contribution in [-0.4, -0.2) is 19.5 Å². The van der Waals surface area contributed by atoms with Crippen molar-refractivity contribution in [1.29, 1.82) is 0 Å². The Kier molecular flexibility index (Phi) is 4.06. The number of aromatic carboxylic acids is 1. The van der Waals surface area contributed by atoms with Crippen molar-refractivity contribution in [3.8, 4) is 0 Å². The minimum Gasteiger partial charge on any atom is -0.477 e. The van der Waals surface area contributed by atoms with Crippen molar-refractivity contribution >= 4 is 33.0 Å². The highest BCUT2D eigenvalue weighted by Crippen LogP contribution is 2.27. The topological polar surface area (TPSA) is 83.5 Å². The monoisotopic (exact) mass is 325 g/mol. The highest BCUT2D eigenvalue weighted by molar-refractivity contribution is 7.92. The predicted octanol–water partition coefficient (Wildman–Crippen LogP) is 3.17. The molecule has 21 heavy (non-hydrogen) atoms. The SMILES string of the molecule is Cc1cc(C)c(NS(=O)(=O)c2csc(C(=O)O)c2)c(C)c1. The summed E-state index contributed by atoms with van der Waals surface area (Å²) >= 11 is 0.887. The number of nitrogens with one attached hydrogen (secondary N) is 1. The van der Waals surface area contributed by atoms with Crippen molar-refractivity contribution < 1.29 is 18.3 Å². The molecular weight excluding hydrogens is 310 g/mol. The molecule has 0 aliphatic rings. The Labute approximate surface area is 127 Å². The van der Waals surface area contributed by atoms with Gasteiger partial charge in [0.05, 0.1) is 10.6 Å². The molecule has 1 heterocycles. The lowest BCUT2D eigenvalue weighted by Crippen LogP contribution is -2.14. The molecule has 0 saturated heterocycles. The number of hydrogen-bond donors (Lipinski definition) is 2. The number of benzene rings is 1. The summed E-state index contributed by atoms with van der Waals surface area (Å²) in [6.45, 7) is 5.60. The molecule has 0 amide bonds. The summed E-state index contributed by atoms with van der Waals surface area (Å²) in [5.41, 5.74) is 3.23. The van der Waals surface area contributed by atoms with E-state index in [1.807, 2.05) is 32.9 Å². The van der Waals surface area contributed by atoms with Gasteiger partial charge in [0.1, 0.15) is 4.88 Å². The number of carboxylic acid groups (broad SMARTS) is 1. The van der Waals surface area contributed by atoms with E-state index in [1.165, 1.54) is 5.38 Å². The van der Waals surface area contributed by atoms with Gasteiger partial charge in [-0.05, 0) is 38.0 Å². The molecule has 0 saturated carbocycles. The molecule has 0 spiro atoms. The molecule has 1 aromatic heterocycles. The van der Waals surface area contributed by atoms with Crippen LogP contribution >= 0.6 is 11.3 Å². The second kappa shape index (κ2) is 5.50. The average Bonchev–Trinajstić information content (AvgIpc) is 2.84. The van der Waals surface area contributed by atoms with E-state index in [9.17, 15) is 13.2 Å². The van der Waals surface area contributed by atoms with E-state index in [4.69, 9.17) is 5.11 Å². The Morgan fingerprint density at radius 1 is 1.14 bits per heavy atom. The maximum absolute atomic E-state index is 12.3. The van der Waals surface area contributed by atoms with E-state index in [0.717, 1.165) is 34.1 Å². The molecule has 5 nitrogen and oxygen atoms in total. The van der Waals surface area contributed by atoms with E-state index in [1.54, 1.807) is 0 Å². The van der Waals surface area contributed by atoms with Crippen LogP contribution in [0.25, 0.3) is 0 Å². The van der Waals surface area contributed by atoms with Gasteiger partial charge in [-0.1, -0.05) is 17.7 Å². The highest BCUT2D eigenvalue weighted by Gasteiger charge is 2.20. The molecule has 0 fully saturated rings. The van der Waals surface area contributed by atoms with Crippen molar-refractivity contribution in [3.05, 3.63) is 45.1 Å². The number of hydrogen-bond acceptors (Lipinski definition) is 4. The second-order valence-electron chi connectivity index (χ2n) is 4.83. The molecule has 0 unspecified atom stereocenters. The quantitative estimate of drug-likeness (QED) is 0.904.